The van der Waals surface area contributed by atoms with Crippen LogP contribution in [0.5, 0.6) is 0 Å². The molecule has 1 aliphatic carbocycles. The summed E-state index contributed by atoms with van der Waals surface area (Å²) in [6.07, 6.45) is -2.31. The van der Waals surface area contributed by atoms with E-state index in [1.165, 1.54) is 7.05 Å². The summed E-state index contributed by atoms with van der Waals surface area (Å²) >= 11 is 0.965. The minimum Gasteiger partial charge on any atom is -0.345 e. The molecule has 0 bridgehead atoms. The summed E-state index contributed by atoms with van der Waals surface area (Å²) in [6.45, 7) is 3.88. The SMILES string of the molecule is Cc1cc(C(=O)CSc2nnc(C(F)(F)F)n2C)c(C)n1C1CC1. The molecule has 5 nitrogen and oxygen atoms in total. The molecule has 0 aliphatic heterocycles. The molecule has 0 spiro atoms. The molecule has 24 heavy (non-hydrogen) atoms. The summed E-state index contributed by atoms with van der Waals surface area (Å²) in [4.78, 5) is 12.4. The number of carbonyl (C=O) groups excluding carboxylic acids is 1. The second-order valence-electron chi connectivity index (χ2n) is 5.96. The Labute approximate surface area is 141 Å². The van der Waals surface area contributed by atoms with Gasteiger partial charge in [0.1, 0.15) is 0 Å². The van der Waals surface area contributed by atoms with Crippen LogP contribution in [0, 0.1) is 13.8 Å². The Morgan fingerprint density at radius 3 is 2.54 bits per heavy atom. The molecule has 0 amide bonds. The lowest BCUT2D eigenvalue weighted by molar-refractivity contribution is -0.147. The van der Waals surface area contributed by atoms with Crippen molar-refractivity contribution >= 4 is 17.5 Å². The Kier molecular flexibility index (Phi) is 4.23. The Morgan fingerprint density at radius 2 is 2.00 bits per heavy atom. The molecule has 1 fully saturated rings. The highest BCUT2D eigenvalue weighted by Crippen LogP contribution is 2.38. The normalized spacial score (nSPS) is 15.1. The van der Waals surface area contributed by atoms with E-state index < -0.39 is 12.0 Å². The van der Waals surface area contributed by atoms with Crippen LogP contribution >= 0.6 is 11.8 Å². The molecule has 0 saturated heterocycles. The predicted molar refractivity (Wildman–Crippen MR) is 83.2 cm³/mol. The molecular weight excluding hydrogens is 341 g/mol. The van der Waals surface area contributed by atoms with Crippen LogP contribution in [0.1, 0.15) is 46.5 Å². The van der Waals surface area contributed by atoms with Gasteiger partial charge in [-0.1, -0.05) is 11.8 Å². The van der Waals surface area contributed by atoms with Crippen molar-refractivity contribution < 1.29 is 18.0 Å². The fourth-order valence-corrected chi connectivity index (χ4v) is 3.64. The number of hydrogen-bond acceptors (Lipinski definition) is 4. The van der Waals surface area contributed by atoms with Crippen LogP contribution in [0.3, 0.4) is 0 Å². The second kappa shape index (κ2) is 5.94. The van der Waals surface area contributed by atoms with Crippen LogP contribution in [0.4, 0.5) is 13.2 Å². The first-order chi connectivity index (χ1) is 11.2. The van der Waals surface area contributed by atoms with Gasteiger partial charge in [0.05, 0.1) is 5.75 Å². The third-order valence-corrected chi connectivity index (χ3v) is 5.14. The van der Waals surface area contributed by atoms with E-state index in [-0.39, 0.29) is 16.7 Å². The molecule has 0 radical (unpaired) electrons. The van der Waals surface area contributed by atoms with Crippen LogP contribution < -0.4 is 0 Å². The topological polar surface area (TPSA) is 52.7 Å². The third kappa shape index (κ3) is 3.09. The van der Waals surface area contributed by atoms with E-state index in [4.69, 9.17) is 0 Å². The van der Waals surface area contributed by atoms with Crippen LogP contribution in [0.25, 0.3) is 0 Å². The summed E-state index contributed by atoms with van der Waals surface area (Å²) in [6, 6.07) is 2.33. The lowest BCUT2D eigenvalue weighted by Crippen LogP contribution is -2.13. The van der Waals surface area contributed by atoms with Crippen molar-refractivity contribution in [3.05, 3.63) is 28.8 Å². The van der Waals surface area contributed by atoms with Crippen molar-refractivity contribution in [2.75, 3.05) is 5.75 Å². The largest absolute Gasteiger partial charge is 0.451 e. The average molecular weight is 358 g/mol. The molecule has 0 atom stereocenters. The Morgan fingerprint density at radius 1 is 1.33 bits per heavy atom. The number of alkyl halides is 3. The standard InChI is InChI=1S/C15H17F3N4OS/c1-8-6-11(9(2)22(8)10-4-5-10)12(23)7-24-14-20-19-13(21(14)3)15(16,17)18/h6,10H,4-5,7H2,1-3H3. The van der Waals surface area contributed by atoms with E-state index in [1.54, 1.807) is 0 Å². The summed E-state index contributed by atoms with van der Waals surface area (Å²) in [5.41, 5.74) is 2.60. The third-order valence-electron chi connectivity index (χ3n) is 4.12. The van der Waals surface area contributed by atoms with Crippen molar-refractivity contribution in [3.8, 4) is 0 Å². The van der Waals surface area contributed by atoms with Gasteiger partial charge in [0.25, 0.3) is 0 Å². The van der Waals surface area contributed by atoms with Gasteiger partial charge in [0.2, 0.25) is 5.82 Å². The maximum atomic E-state index is 12.7. The highest BCUT2D eigenvalue weighted by molar-refractivity contribution is 7.99. The number of halogens is 3. The van der Waals surface area contributed by atoms with Crippen LogP contribution in [-0.2, 0) is 13.2 Å². The van der Waals surface area contributed by atoms with Crippen LogP contribution in [0.15, 0.2) is 11.2 Å². The Balaban J connectivity index is 1.73. The molecule has 1 saturated carbocycles. The van der Waals surface area contributed by atoms with Crippen molar-refractivity contribution in [3.63, 3.8) is 0 Å². The molecule has 130 valence electrons. The van der Waals surface area contributed by atoms with Crippen molar-refractivity contribution in [2.24, 2.45) is 7.05 Å². The van der Waals surface area contributed by atoms with E-state index in [1.807, 2.05) is 19.9 Å². The number of Topliss-reactive ketones (excluding diaryl/α,β-unsaturated/α-hetero) is 1. The lowest BCUT2D eigenvalue weighted by atomic mass is 10.2. The highest BCUT2D eigenvalue weighted by atomic mass is 32.2. The molecule has 2 aromatic heterocycles. The fraction of sp³-hybridized carbons (Fsp3) is 0.533. The quantitative estimate of drug-likeness (QED) is 0.606. The van der Waals surface area contributed by atoms with E-state index >= 15 is 0 Å². The van der Waals surface area contributed by atoms with Gasteiger partial charge < -0.3 is 9.13 Å². The van der Waals surface area contributed by atoms with Gasteiger partial charge >= 0.3 is 6.18 Å². The zero-order valence-corrected chi connectivity index (χ0v) is 14.3. The van der Waals surface area contributed by atoms with Gasteiger partial charge in [-0.3, -0.25) is 4.79 Å². The number of rotatable bonds is 5. The van der Waals surface area contributed by atoms with Crippen molar-refractivity contribution in [1.29, 1.82) is 0 Å². The predicted octanol–water partition coefficient (Wildman–Crippen LogP) is 3.56. The number of aromatic nitrogens is 4. The molecule has 0 aromatic carbocycles. The van der Waals surface area contributed by atoms with Crippen molar-refractivity contribution in [2.45, 2.75) is 44.1 Å². The van der Waals surface area contributed by atoms with E-state index in [0.29, 0.717) is 11.6 Å². The second-order valence-corrected chi connectivity index (χ2v) is 6.90. The smallest absolute Gasteiger partial charge is 0.345 e. The summed E-state index contributed by atoms with van der Waals surface area (Å²) in [7, 11) is 1.24. The zero-order valence-electron chi connectivity index (χ0n) is 13.5. The van der Waals surface area contributed by atoms with E-state index in [2.05, 4.69) is 14.8 Å². The monoisotopic (exact) mass is 358 g/mol. The first kappa shape index (κ1) is 17.1. The summed E-state index contributed by atoms with van der Waals surface area (Å²) in [5.74, 6) is -1.15. The number of hydrogen-bond donors (Lipinski definition) is 0. The Bertz CT molecular complexity index is 789. The molecule has 0 unspecified atom stereocenters. The summed E-state index contributed by atoms with van der Waals surface area (Å²) < 4.78 is 41.2. The molecule has 3 rings (SSSR count). The minimum absolute atomic E-state index is 0.0266. The minimum atomic E-state index is -4.56. The van der Waals surface area contributed by atoms with Gasteiger partial charge in [-0.2, -0.15) is 13.2 Å². The molecule has 0 N–H and O–H groups in total. The number of ketones is 1. The molecule has 2 aromatic rings. The van der Waals surface area contributed by atoms with Gasteiger partial charge in [-0.05, 0) is 32.8 Å². The van der Waals surface area contributed by atoms with Gasteiger partial charge in [-0.25, -0.2) is 0 Å². The average Bonchev–Trinajstić information content (AvgIpc) is 3.17. The molecule has 2 heterocycles. The molecular formula is C15H17F3N4OS. The fourth-order valence-electron chi connectivity index (χ4n) is 2.85. The van der Waals surface area contributed by atoms with Gasteiger partial charge in [0.15, 0.2) is 10.9 Å². The number of thioether (sulfide) groups is 1. The molecule has 1 aliphatic rings. The van der Waals surface area contributed by atoms with Crippen molar-refractivity contribution in [1.82, 2.24) is 19.3 Å². The number of nitrogens with zero attached hydrogens (tertiary/aromatic N) is 4. The Hall–Kier alpha value is -1.77. The van der Waals surface area contributed by atoms with Gasteiger partial charge in [-0.15, -0.1) is 10.2 Å². The number of carbonyl (C=O) groups is 1. The van der Waals surface area contributed by atoms with E-state index in [0.717, 1.165) is 40.6 Å². The lowest BCUT2D eigenvalue weighted by Gasteiger charge is -2.08. The first-order valence-electron chi connectivity index (χ1n) is 7.51. The molecule has 9 heteroatoms. The van der Waals surface area contributed by atoms with Gasteiger partial charge in [0, 0.05) is 30.0 Å². The van der Waals surface area contributed by atoms with Crippen LogP contribution in [-0.4, -0.2) is 30.9 Å². The van der Waals surface area contributed by atoms with E-state index in [9.17, 15) is 18.0 Å². The maximum Gasteiger partial charge on any atom is 0.451 e. The first-order valence-corrected chi connectivity index (χ1v) is 8.49. The maximum absolute atomic E-state index is 12.7. The zero-order chi connectivity index (χ0) is 17.6. The van der Waals surface area contributed by atoms with Crippen LogP contribution in [0.2, 0.25) is 0 Å². The highest BCUT2D eigenvalue weighted by Gasteiger charge is 2.37. The number of aryl methyl sites for hydroxylation is 1. The summed E-state index contributed by atoms with van der Waals surface area (Å²) in [5, 5.41) is 6.76.